The molecule has 0 saturated carbocycles. The van der Waals surface area contributed by atoms with Crippen molar-refractivity contribution >= 4 is 52.3 Å². The summed E-state index contributed by atoms with van der Waals surface area (Å²) in [6.45, 7) is 1.69. The van der Waals surface area contributed by atoms with Crippen molar-refractivity contribution in [2.75, 3.05) is 21.3 Å². The lowest BCUT2D eigenvalue weighted by Gasteiger charge is -2.12. The number of nitrogens with two attached hydrogens (primary N) is 1. The fourth-order valence-electron chi connectivity index (χ4n) is 3.90. The molecular formula is C30H26F3N7O4. The van der Waals surface area contributed by atoms with Gasteiger partial charge >= 0.3 is 6.18 Å². The van der Waals surface area contributed by atoms with Gasteiger partial charge in [-0.05, 0) is 61.0 Å². The van der Waals surface area contributed by atoms with Gasteiger partial charge in [-0.25, -0.2) is 9.97 Å². The lowest BCUT2D eigenvalue weighted by Crippen LogP contribution is -2.17. The first kappa shape index (κ1) is 31.2. The molecule has 0 radical (unpaired) electrons. The Morgan fingerprint density at radius 3 is 2.11 bits per heavy atom. The third-order valence-electron chi connectivity index (χ3n) is 6.10. The van der Waals surface area contributed by atoms with Crippen molar-refractivity contribution in [3.8, 4) is 0 Å². The van der Waals surface area contributed by atoms with Crippen molar-refractivity contribution in [2.24, 2.45) is 5.73 Å². The molecule has 6 N–H and O–H groups in total. The summed E-state index contributed by atoms with van der Waals surface area (Å²) < 4.78 is 39.1. The number of halogens is 3. The number of hydrogen-bond donors (Lipinski definition) is 5. The molecular weight excluding hydrogens is 579 g/mol. The molecule has 4 aromatic rings. The molecule has 0 bridgehead atoms. The Labute approximate surface area is 249 Å². The van der Waals surface area contributed by atoms with Crippen LogP contribution in [-0.2, 0) is 15.8 Å². The number of aryl methyl sites for hydroxylation is 1. The van der Waals surface area contributed by atoms with E-state index in [0.717, 1.165) is 18.2 Å². The highest BCUT2D eigenvalue weighted by Crippen LogP contribution is 2.30. The molecule has 0 fully saturated rings. The summed E-state index contributed by atoms with van der Waals surface area (Å²) in [5.74, 6) is -2.02. The summed E-state index contributed by atoms with van der Waals surface area (Å²) in [4.78, 5) is 56.8. The first-order valence-electron chi connectivity index (χ1n) is 13.1. The molecule has 1 heterocycles. The van der Waals surface area contributed by atoms with Crippen molar-refractivity contribution in [2.45, 2.75) is 25.9 Å². The summed E-state index contributed by atoms with van der Waals surface area (Å²) in [5.41, 5.74) is 6.26. The van der Waals surface area contributed by atoms with Gasteiger partial charge in [0.25, 0.3) is 11.8 Å². The number of anilines is 5. The predicted molar refractivity (Wildman–Crippen MR) is 157 cm³/mol. The van der Waals surface area contributed by atoms with Crippen molar-refractivity contribution in [3.63, 3.8) is 0 Å². The average Bonchev–Trinajstić information content (AvgIpc) is 2.98. The zero-order valence-corrected chi connectivity index (χ0v) is 23.2. The molecule has 0 aliphatic heterocycles. The molecule has 0 unspecified atom stereocenters. The Morgan fingerprint density at radius 1 is 0.750 bits per heavy atom. The molecule has 4 amide bonds. The van der Waals surface area contributed by atoms with E-state index in [1.54, 1.807) is 37.3 Å². The van der Waals surface area contributed by atoms with E-state index >= 15 is 0 Å². The molecule has 44 heavy (non-hydrogen) atoms. The van der Waals surface area contributed by atoms with E-state index in [4.69, 9.17) is 5.73 Å². The number of rotatable bonds is 10. The minimum absolute atomic E-state index is 0.0401. The topological polar surface area (TPSA) is 168 Å². The summed E-state index contributed by atoms with van der Waals surface area (Å²) in [5, 5.41) is 10.8. The Hall–Kier alpha value is -5.79. The van der Waals surface area contributed by atoms with Crippen molar-refractivity contribution in [1.82, 2.24) is 9.97 Å². The maximum absolute atomic E-state index is 13.0. The molecule has 0 spiro atoms. The molecule has 226 valence electrons. The second kappa shape index (κ2) is 13.5. The maximum Gasteiger partial charge on any atom is 0.416 e. The number of carbonyl (C=O) groups is 4. The average molecular weight is 606 g/mol. The summed E-state index contributed by atoms with van der Waals surface area (Å²) in [6.07, 6.45) is -1.95. The number of amides is 4. The number of hydrogen-bond acceptors (Lipinski definition) is 7. The number of benzene rings is 3. The van der Waals surface area contributed by atoms with Crippen LogP contribution in [0.2, 0.25) is 0 Å². The van der Waals surface area contributed by atoms with Gasteiger partial charge in [0.1, 0.15) is 0 Å². The molecule has 4 rings (SSSR count). The Balaban J connectivity index is 1.38. The first-order chi connectivity index (χ1) is 20.9. The van der Waals surface area contributed by atoms with E-state index in [9.17, 15) is 32.3 Å². The molecule has 3 aromatic carbocycles. The lowest BCUT2D eigenvalue weighted by molar-refractivity contribution is -0.137. The van der Waals surface area contributed by atoms with Crippen LogP contribution < -0.4 is 27.0 Å². The fourth-order valence-corrected chi connectivity index (χ4v) is 3.90. The lowest BCUT2D eigenvalue weighted by atomic mass is 10.1. The smallest absolute Gasteiger partial charge is 0.370 e. The third-order valence-corrected chi connectivity index (χ3v) is 6.10. The predicted octanol–water partition coefficient (Wildman–Crippen LogP) is 5.26. The number of primary amides is 1. The number of aromatic nitrogens is 2. The minimum Gasteiger partial charge on any atom is -0.370 e. The summed E-state index contributed by atoms with van der Waals surface area (Å²) in [7, 11) is 0. The normalized spacial score (nSPS) is 10.9. The number of nitrogens with one attached hydrogen (secondary N) is 4. The van der Waals surface area contributed by atoms with Gasteiger partial charge in [-0.1, -0.05) is 18.2 Å². The zero-order chi connectivity index (χ0) is 31.9. The van der Waals surface area contributed by atoms with Gasteiger partial charge in [0.2, 0.25) is 17.8 Å². The third kappa shape index (κ3) is 8.61. The van der Waals surface area contributed by atoms with Crippen molar-refractivity contribution < 1.29 is 32.3 Å². The zero-order valence-electron chi connectivity index (χ0n) is 23.2. The first-order valence-corrected chi connectivity index (χ1v) is 13.1. The van der Waals surface area contributed by atoms with E-state index in [1.807, 2.05) is 0 Å². The number of carbonyl (C=O) groups excluding carboxylic acids is 4. The van der Waals surface area contributed by atoms with E-state index in [0.29, 0.717) is 16.9 Å². The molecule has 0 aliphatic rings. The minimum atomic E-state index is -4.59. The van der Waals surface area contributed by atoms with Crippen LogP contribution in [0.5, 0.6) is 0 Å². The van der Waals surface area contributed by atoms with E-state index in [-0.39, 0.29) is 47.2 Å². The van der Waals surface area contributed by atoms with Gasteiger partial charge in [0, 0.05) is 41.0 Å². The van der Waals surface area contributed by atoms with Gasteiger partial charge < -0.3 is 27.0 Å². The van der Waals surface area contributed by atoms with Crippen LogP contribution in [0.1, 0.15) is 44.7 Å². The molecule has 1 aromatic heterocycles. The van der Waals surface area contributed by atoms with E-state index in [1.165, 1.54) is 30.6 Å². The summed E-state index contributed by atoms with van der Waals surface area (Å²) >= 11 is 0. The van der Waals surface area contributed by atoms with Crippen molar-refractivity contribution in [3.05, 3.63) is 101 Å². The summed E-state index contributed by atoms with van der Waals surface area (Å²) in [6, 6.07) is 15.3. The van der Waals surface area contributed by atoms with Gasteiger partial charge in [0.05, 0.1) is 23.6 Å². The molecule has 14 heteroatoms. The van der Waals surface area contributed by atoms with Gasteiger partial charge in [-0.3, -0.25) is 19.2 Å². The SMILES string of the molecule is Cc1ccc(NC(=O)c2cccc(C(F)(F)F)c2)cc1C(=O)Nc1cnc(Nc2cccc(NC(=O)CCC(N)=O)c2)nc1. The van der Waals surface area contributed by atoms with Crippen LogP contribution in [0.4, 0.5) is 41.9 Å². The highest BCUT2D eigenvalue weighted by atomic mass is 19.4. The van der Waals surface area contributed by atoms with Crippen LogP contribution in [0.15, 0.2) is 79.1 Å². The van der Waals surface area contributed by atoms with Crippen LogP contribution in [0.25, 0.3) is 0 Å². The van der Waals surface area contributed by atoms with Crippen LogP contribution >= 0.6 is 0 Å². The highest BCUT2D eigenvalue weighted by Gasteiger charge is 2.31. The standard InChI is InChI=1S/C30H26F3N7O4/c1-17-8-9-22(38-27(43)18-4-2-5-19(12-18)30(31,32)33)14-24(17)28(44)39-23-15-35-29(36-16-23)40-21-7-3-6-20(13-21)37-26(42)11-10-25(34)41/h2-9,12-16H,10-11H2,1H3,(H2,34,41)(H,37,42)(H,38,43)(H,39,44)(H,35,36,40). The molecule has 0 atom stereocenters. The van der Waals surface area contributed by atoms with Crippen LogP contribution in [-0.4, -0.2) is 33.6 Å². The van der Waals surface area contributed by atoms with Crippen LogP contribution in [0.3, 0.4) is 0 Å². The molecule has 0 aliphatic carbocycles. The second-order valence-corrected chi connectivity index (χ2v) is 9.53. The van der Waals surface area contributed by atoms with Crippen LogP contribution in [0, 0.1) is 6.92 Å². The monoisotopic (exact) mass is 605 g/mol. The Morgan fingerprint density at radius 2 is 1.41 bits per heavy atom. The fraction of sp³-hybridized carbons (Fsp3) is 0.133. The molecule has 11 nitrogen and oxygen atoms in total. The Kier molecular flexibility index (Phi) is 9.53. The van der Waals surface area contributed by atoms with E-state index in [2.05, 4.69) is 31.2 Å². The van der Waals surface area contributed by atoms with Gasteiger partial charge in [0.15, 0.2) is 0 Å². The highest BCUT2D eigenvalue weighted by molar-refractivity contribution is 6.08. The number of alkyl halides is 3. The van der Waals surface area contributed by atoms with Crippen molar-refractivity contribution in [1.29, 1.82) is 0 Å². The van der Waals surface area contributed by atoms with Gasteiger partial charge in [-0.2, -0.15) is 13.2 Å². The Bertz CT molecular complexity index is 1710. The van der Waals surface area contributed by atoms with Gasteiger partial charge in [-0.15, -0.1) is 0 Å². The largest absolute Gasteiger partial charge is 0.416 e. The molecule has 0 saturated heterocycles. The van der Waals surface area contributed by atoms with E-state index < -0.39 is 29.5 Å². The maximum atomic E-state index is 13.0. The quantitative estimate of drug-likeness (QED) is 0.164. The second-order valence-electron chi connectivity index (χ2n) is 9.53. The number of nitrogens with zero attached hydrogens (tertiary/aromatic N) is 2.